The molecule has 0 radical (unpaired) electrons. The van der Waals surface area contributed by atoms with Crippen LogP contribution in [0.1, 0.15) is 6.42 Å². The predicted octanol–water partition coefficient (Wildman–Crippen LogP) is 2.50. The lowest BCUT2D eigenvalue weighted by Crippen LogP contribution is -2.33. The first-order valence-electron chi connectivity index (χ1n) is 5.77. The number of hydrogen-bond donors (Lipinski definition) is 2. The van der Waals surface area contributed by atoms with Crippen LogP contribution in [-0.2, 0) is 4.79 Å². The van der Waals surface area contributed by atoms with E-state index in [0.717, 1.165) is 24.0 Å². The van der Waals surface area contributed by atoms with Crippen molar-refractivity contribution < 1.29 is 4.79 Å². The third kappa shape index (κ3) is 4.93. The number of carbonyl (C=O) groups excluding carboxylic acids is 1. The van der Waals surface area contributed by atoms with E-state index in [1.807, 2.05) is 11.0 Å². The maximum absolute atomic E-state index is 11.8. The fourth-order valence-corrected chi connectivity index (χ4v) is 2.71. The molecule has 1 aromatic rings. The second kappa shape index (κ2) is 7.45. The zero-order chi connectivity index (χ0) is 13.1. The Morgan fingerprint density at radius 2 is 2.32 bits per heavy atom. The highest BCUT2D eigenvalue weighted by atomic mass is 79.9. The zero-order valence-electron chi connectivity index (χ0n) is 10.2. The molecule has 1 fully saturated rings. The van der Waals surface area contributed by atoms with Gasteiger partial charge in [0, 0.05) is 23.6 Å². The van der Waals surface area contributed by atoms with E-state index in [1.165, 1.54) is 0 Å². The third-order valence-corrected chi connectivity index (χ3v) is 3.69. The van der Waals surface area contributed by atoms with Crippen LogP contribution in [0.25, 0.3) is 0 Å². The largest absolute Gasteiger partial charge is 0.326 e. The van der Waals surface area contributed by atoms with Gasteiger partial charge in [0.2, 0.25) is 5.91 Å². The maximum Gasteiger partial charge on any atom is 0.238 e. The van der Waals surface area contributed by atoms with Crippen molar-refractivity contribution in [2.24, 2.45) is 5.73 Å². The lowest BCUT2D eigenvalue weighted by atomic mass is 10.3. The van der Waals surface area contributed by atoms with Gasteiger partial charge in [-0.1, -0.05) is 27.5 Å². The number of nitrogens with two attached hydrogens (primary N) is 1. The Balaban J connectivity index is 0.00000180. The average molecular weight is 369 g/mol. The number of hydrogen-bond acceptors (Lipinski definition) is 3. The highest BCUT2D eigenvalue weighted by molar-refractivity contribution is 9.10. The summed E-state index contributed by atoms with van der Waals surface area (Å²) in [6.45, 7) is 2.02. The van der Waals surface area contributed by atoms with E-state index < -0.39 is 0 Å². The van der Waals surface area contributed by atoms with Gasteiger partial charge in [0.1, 0.15) is 0 Å². The molecule has 19 heavy (non-hydrogen) atoms. The van der Waals surface area contributed by atoms with Gasteiger partial charge in [0.25, 0.3) is 0 Å². The van der Waals surface area contributed by atoms with Crippen molar-refractivity contribution in [2.45, 2.75) is 12.5 Å². The first-order valence-corrected chi connectivity index (χ1v) is 6.94. The highest BCUT2D eigenvalue weighted by Gasteiger charge is 2.21. The molecule has 0 aromatic heterocycles. The quantitative estimate of drug-likeness (QED) is 0.861. The summed E-state index contributed by atoms with van der Waals surface area (Å²) in [7, 11) is 0. The Kier molecular flexibility index (Phi) is 6.56. The third-order valence-electron chi connectivity index (χ3n) is 2.88. The molecule has 0 bridgehead atoms. The molecule has 0 aliphatic carbocycles. The van der Waals surface area contributed by atoms with Crippen LogP contribution in [-0.4, -0.2) is 36.5 Å². The van der Waals surface area contributed by atoms with E-state index in [1.54, 1.807) is 12.1 Å². The van der Waals surface area contributed by atoms with E-state index in [0.29, 0.717) is 17.3 Å². The SMILES string of the molecule is Cl.N[C@H]1CCN(CC(=O)Nc2ccc(Br)cc2Cl)C1. The number of nitrogens with one attached hydrogen (secondary N) is 1. The number of anilines is 1. The molecule has 4 nitrogen and oxygen atoms in total. The van der Waals surface area contributed by atoms with E-state index in [-0.39, 0.29) is 24.4 Å². The number of rotatable bonds is 3. The molecule has 1 aliphatic heterocycles. The summed E-state index contributed by atoms with van der Waals surface area (Å²) in [5.74, 6) is -0.0617. The summed E-state index contributed by atoms with van der Waals surface area (Å²) < 4.78 is 0.885. The van der Waals surface area contributed by atoms with Gasteiger partial charge >= 0.3 is 0 Å². The molecular weight excluding hydrogens is 353 g/mol. The molecule has 2 rings (SSSR count). The first kappa shape index (κ1) is 16.7. The van der Waals surface area contributed by atoms with Gasteiger partial charge in [-0.25, -0.2) is 0 Å². The Hall–Kier alpha value is -0.330. The normalized spacial score (nSPS) is 19.0. The Labute approximate surface area is 132 Å². The summed E-state index contributed by atoms with van der Waals surface area (Å²) in [5, 5.41) is 3.33. The van der Waals surface area contributed by atoms with Gasteiger partial charge in [-0.05, 0) is 24.6 Å². The molecule has 1 amide bonds. The number of nitrogens with zero attached hydrogens (tertiary/aromatic N) is 1. The first-order chi connectivity index (χ1) is 8.54. The lowest BCUT2D eigenvalue weighted by molar-refractivity contribution is -0.117. The zero-order valence-corrected chi connectivity index (χ0v) is 13.4. The topological polar surface area (TPSA) is 58.4 Å². The van der Waals surface area contributed by atoms with Crippen molar-refractivity contribution in [3.8, 4) is 0 Å². The van der Waals surface area contributed by atoms with E-state index in [9.17, 15) is 4.79 Å². The number of carbonyl (C=O) groups is 1. The molecule has 1 aromatic carbocycles. The summed E-state index contributed by atoms with van der Waals surface area (Å²) in [6.07, 6.45) is 0.951. The maximum atomic E-state index is 11.8. The average Bonchev–Trinajstić information content (AvgIpc) is 2.68. The number of amides is 1. The smallest absolute Gasteiger partial charge is 0.238 e. The molecular formula is C12H16BrCl2N3O. The van der Waals surface area contributed by atoms with Crippen molar-refractivity contribution in [2.75, 3.05) is 25.0 Å². The summed E-state index contributed by atoms with van der Waals surface area (Å²) >= 11 is 9.36. The van der Waals surface area contributed by atoms with E-state index in [4.69, 9.17) is 17.3 Å². The fourth-order valence-electron chi connectivity index (χ4n) is 1.99. The number of halogens is 3. The Morgan fingerprint density at radius 3 is 2.89 bits per heavy atom. The Bertz CT molecular complexity index is 459. The van der Waals surface area contributed by atoms with Gasteiger partial charge in [-0.15, -0.1) is 12.4 Å². The van der Waals surface area contributed by atoms with Crippen LogP contribution < -0.4 is 11.1 Å². The van der Waals surface area contributed by atoms with Crippen LogP contribution in [0.3, 0.4) is 0 Å². The van der Waals surface area contributed by atoms with Crippen molar-refractivity contribution in [1.82, 2.24) is 4.90 Å². The minimum atomic E-state index is -0.0617. The minimum absolute atomic E-state index is 0. The van der Waals surface area contributed by atoms with Crippen LogP contribution in [0.15, 0.2) is 22.7 Å². The molecule has 1 aliphatic rings. The second-order valence-electron chi connectivity index (χ2n) is 4.46. The van der Waals surface area contributed by atoms with Crippen LogP contribution in [0, 0.1) is 0 Å². The molecule has 0 unspecified atom stereocenters. The highest BCUT2D eigenvalue weighted by Crippen LogP contribution is 2.25. The van der Waals surface area contributed by atoms with Gasteiger partial charge in [0.05, 0.1) is 17.3 Å². The lowest BCUT2D eigenvalue weighted by Gasteiger charge is -2.15. The van der Waals surface area contributed by atoms with Crippen molar-refractivity contribution in [3.63, 3.8) is 0 Å². The monoisotopic (exact) mass is 367 g/mol. The van der Waals surface area contributed by atoms with Gasteiger partial charge in [-0.3, -0.25) is 9.69 Å². The van der Waals surface area contributed by atoms with Crippen LogP contribution in [0.4, 0.5) is 5.69 Å². The van der Waals surface area contributed by atoms with Crippen LogP contribution in [0.5, 0.6) is 0 Å². The molecule has 0 saturated carbocycles. The second-order valence-corrected chi connectivity index (χ2v) is 5.78. The molecule has 106 valence electrons. The van der Waals surface area contributed by atoms with Crippen LogP contribution in [0.2, 0.25) is 5.02 Å². The molecule has 1 heterocycles. The van der Waals surface area contributed by atoms with Gasteiger partial charge in [-0.2, -0.15) is 0 Å². The standard InChI is InChI=1S/C12H15BrClN3O.ClH/c13-8-1-2-11(10(14)5-8)16-12(18)7-17-4-3-9(15)6-17;/h1-2,5,9H,3-4,6-7,15H2,(H,16,18);1H/t9-;/m0./s1. The molecule has 3 N–H and O–H groups in total. The van der Waals surface area contributed by atoms with Crippen molar-refractivity contribution in [1.29, 1.82) is 0 Å². The fraction of sp³-hybridized carbons (Fsp3) is 0.417. The van der Waals surface area contributed by atoms with Crippen molar-refractivity contribution in [3.05, 3.63) is 27.7 Å². The molecule has 1 atom stereocenters. The molecule has 0 spiro atoms. The van der Waals surface area contributed by atoms with Gasteiger partial charge in [0.15, 0.2) is 0 Å². The van der Waals surface area contributed by atoms with Crippen molar-refractivity contribution >= 4 is 51.5 Å². The number of likely N-dealkylation sites (tertiary alicyclic amines) is 1. The summed E-state index contributed by atoms with van der Waals surface area (Å²) in [4.78, 5) is 13.9. The molecule has 1 saturated heterocycles. The summed E-state index contributed by atoms with van der Waals surface area (Å²) in [5.41, 5.74) is 6.43. The molecule has 7 heteroatoms. The van der Waals surface area contributed by atoms with E-state index >= 15 is 0 Å². The minimum Gasteiger partial charge on any atom is -0.326 e. The number of benzene rings is 1. The summed E-state index contributed by atoms with van der Waals surface area (Å²) in [6, 6.07) is 5.56. The Morgan fingerprint density at radius 1 is 1.58 bits per heavy atom. The predicted molar refractivity (Wildman–Crippen MR) is 84.1 cm³/mol. The van der Waals surface area contributed by atoms with Gasteiger partial charge < -0.3 is 11.1 Å². The van der Waals surface area contributed by atoms with E-state index in [2.05, 4.69) is 21.2 Å². The van der Waals surface area contributed by atoms with Crippen LogP contribution >= 0.6 is 39.9 Å².